The van der Waals surface area contributed by atoms with Gasteiger partial charge in [0.25, 0.3) is 0 Å². The molecule has 1 heterocycles. The second kappa shape index (κ2) is 8.32. The van der Waals surface area contributed by atoms with E-state index in [1.807, 2.05) is 6.92 Å². The fourth-order valence-corrected chi connectivity index (χ4v) is 2.41. The zero-order valence-electron chi connectivity index (χ0n) is 11.7. The maximum absolute atomic E-state index is 11.9. The van der Waals surface area contributed by atoms with Gasteiger partial charge in [-0.3, -0.25) is 0 Å². The number of nitrogens with one attached hydrogen (secondary N) is 1. The molecule has 0 unspecified atom stereocenters. The van der Waals surface area contributed by atoms with Crippen molar-refractivity contribution in [3.8, 4) is 0 Å². The number of carbonyl (C=O) groups excluding carboxylic acids is 1. The number of aliphatic hydroxyl groups excluding tert-OH is 1. The van der Waals surface area contributed by atoms with Crippen LogP contribution in [0.1, 0.15) is 33.1 Å². The normalized spacial score (nSPS) is 17.7. The average Bonchev–Trinajstić information content (AvgIpc) is 2.38. The molecule has 2 amide bonds. The predicted octanol–water partition coefficient (Wildman–Crippen LogP) is 0.885. The lowest BCUT2D eigenvalue weighted by Crippen LogP contribution is -2.49. The molecule has 0 atom stereocenters. The molecule has 0 spiro atoms. The summed E-state index contributed by atoms with van der Waals surface area (Å²) in [5.74, 6) is 0. The third kappa shape index (κ3) is 4.82. The van der Waals surface area contributed by atoms with Gasteiger partial charge in [-0.25, -0.2) is 4.79 Å². The number of rotatable bonds is 6. The van der Waals surface area contributed by atoms with Crippen molar-refractivity contribution in [1.29, 1.82) is 0 Å². The molecular weight excluding hydrogens is 230 g/mol. The molecule has 0 aromatic rings. The van der Waals surface area contributed by atoms with Crippen LogP contribution in [0.4, 0.5) is 4.79 Å². The molecule has 1 fully saturated rings. The Morgan fingerprint density at radius 2 is 2.06 bits per heavy atom. The van der Waals surface area contributed by atoms with Crippen LogP contribution in [0.5, 0.6) is 0 Å². The van der Waals surface area contributed by atoms with Gasteiger partial charge in [0.05, 0.1) is 6.61 Å². The van der Waals surface area contributed by atoms with Crippen LogP contribution in [-0.4, -0.2) is 66.3 Å². The van der Waals surface area contributed by atoms with E-state index in [2.05, 4.69) is 17.1 Å². The summed E-state index contributed by atoms with van der Waals surface area (Å²) in [7, 11) is 0. The number of hydrogen-bond donors (Lipinski definition) is 2. The van der Waals surface area contributed by atoms with Gasteiger partial charge in [0.1, 0.15) is 0 Å². The molecule has 1 saturated heterocycles. The van der Waals surface area contributed by atoms with Crippen LogP contribution in [0, 0.1) is 0 Å². The molecule has 0 bridgehead atoms. The molecular formula is C13H27N3O2. The number of carbonyl (C=O) groups is 1. The number of hydrogen-bond acceptors (Lipinski definition) is 3. The standard InChI is InChI=1S/C13H27N3O2/c1-3-7-15-8-5-12(6-9-15)14-13(18)16(4-2)10-11-17/h12,17H,3-11H2,1-2H3,(H,14,18). The second-order valence-electron chi connectivity index (χ2n) is 4.87. The molecule has 18 heavy (non-hydrogen) atoms. The summed E-state index contributed by atoms with van der Waals surface area (Å²) >= 11 is 0. The minimum atomic E-state index is -0.0412. The quantitative estimate of drug-likeness (QED) is 0.743. The van der Waals surface area contributed by atoms with E-state index >= 15 is 0 Å². The number of amides is 2. The van der Waals surface area contributed by atoms with Gasteiger partial charge in [-0.2, -0.15) is 0 Å². The van der Waals surface area contributed by atoms with Gasteiger partial charge in [0.2, 0.25) is 0 Å². The van der Waals surface area contributed by atoms with E-state index in [4.69, 9.17) is 5.11 Å². The highest BCUT2D eigenvalue weighted by Crippen LogP contribution is 2.10. The van der Waals surface area contributed by atoms with Crippen molar-refractivity contribution in [2.45, 2.75) is 39.2 Å². The first kappa shape index (κ1) is 15.2. The third-order valence-corrected chi connectivity index (χ3v) is 3.49. The highest BCUT2D eigenvalue weighted by Gasteiger charge is 2.21. The summed E-state index contributed by atoms with van der Waals surface area (Å²) in [6.45, 7) is 8.51. The Hall–Kier alpha value is -0.810. The van der Waals surface area contributed by atoms with Crippen LogP contribution in [0.15, 0.2) is 0 Å². The number of urea groups is 1. The first-order chi connectivity index (χ1) is 8.71. The lowest BCUT2D eigenvalue weighted by atomic mass is 10.1. The number of piperidine rings is 1. The SMILES string of the molecule is CCCN1CCC(NC(=O)N(CC)CCO)CC1. The monoisotopic (exact) mass is 257 g/mol. The summed E-state index contributed by atoms with van der Waals surface area (Å²) in [5, 5.41) is 12.0. The van der Waals surface area contributed by atoms with Gasteiger partial charge in [-0.05, 0) is 32.7 Å². The Labute approximate surface area is 110 Å². The molecule has 5 nitrogen and oxygen atoms in total. The van der Waals surface area contributed by atoms with Gasteiger partial charge in [0.15, 0.2) is 0 Å². The largest absolute Gasteiger partial charge is 0.395 e. The van der Waals surface area contributed by atoms with Crippen LogP contribution in [0.3, 0.4) is 0 Å². The molecule has 0 aromatic heterocycles. The van der Waals surface area contributed by atoms with Crippen molar-refractivity contribution in [1.82, 2.24) is 15.1 Å². The Balaban J connectivity index is 2.29. The van der Waals surface area contributed by atoms with Gasteiger partial charge in [-0.1, -0.05) is 6.92 Å². The molecule has 106 valence electrons. The molecule has 0 radical (unpaired) electrons. The van der Waals surface area contributed by atoms with Crippen molar-refractivity contribution in [3.05, 3.63) is 0 Å². The van der Waals surface area contributed by atoms with E-state index in [0.29, 0.717) is 19.1 Å². The van der Waals surface area contributed by atoms with Gasteiger partial charge in [-0.15, -0.1) is 0 Å². The summed E-state index contributed by atoms with van der Waals surface area (Å²) in [6, 6.07) is 0.249. The van der Waals surface area contributed by atoms with Crippen molar-refractivity contribution < 1.29 is 9.90 Å². The lowest BCUT2D eigenvalue weighted by Gasteiger charge is -2.33. The molecule has 1 aliphatic heterocycles. The van der Waals surface area contributed by atoms with E-state index in [0.717, 1.165) is 32.5 Å². The van der Waals surface area contributed by atoms with Crippen molar-refractivity contribution in [3.63, 3.8) is 0 Å². The van der Waals surface area contributed by atoms with E-state index in [1.165, 1.54) is 6.42 Å². The Morgan fingerprint density at radius 3 is 2.56 bits per heavy atom. The number of likely N-dealkylation sites (tertiary alicyclic amines) is 1. The van der Waals surface area contributed by atoms with Crippen LogP contribution in [-0.2, 0) is 0 Å². The van der Waals surface area contributed by atoms with Crippen LogP contribution >= 0.6 is 0 Å². The molecule has 2 N–H and O–H groups in total. The maximum atomic E-state index is 11.9. The number of nitrogens with zero attached hydrogens (tertiary/aromatic N) is 2. The summed E-state index contributed by atoms with van der Waals surface area (Å²) < 4.78 is 0. The topological polar surface area (TPSA) is 55.8 Å². The highest BCUT2D eigenvalue weighted by atomic mass is 16.3. The number of aliphatic hydroxyl groups is 1. The van der Waals surface area contributed by atoms with Crippen molar-refractivity contribution in [2.75, 3.05) is 39.3 Å². The fraction of sp³-hybridized carbons (Fsp3) is 0.923. The third-order valence-electron chi connectivity index (χ3n) is 3.49. The molecule has 1 aliphatic rings. The van der Waals surface area contributed by atoms with E-state index < -0.39 is 0 Å². The van der Waals surface area contributed by atoms with E-state index in [9.17, 15) is 4.79 Å². The number of likely N-dealkylation sites (N-methyl/N-ethyl adjacent to an activating group) is 1. The Bertz CT molecular complexity index is 240. The Kier molecular flexibility index (Phi) is 7.05. The van der Waals surface area contributed by atoms with Crippen LogP contribution < -0.4 is 5.32 Å². The first-order valence-electron chi connectivity index (χ1n) is 7.09. The smallest absolute Gasteiger partial charge is 0.317 e. The van der Waals surface area contributed by atoms with Gasteiger partial charge in [0, 0.05) is 32.2 Å². The van der Waals surface area contributed by atoms with Crippen molar-refractivity contribution >= 4 is 6.03 Å². The zero-order chi connectivity index (χ0) is 13.4. The van der Waals surface area contributed by atoms with E-state index in [-0.39, 0.29) is 12.6 Å². The summed E-state index contributed by atoms with van der Waals surface area (Å²) in [6.07, 6.45) is 3.25. The predicted molar refractivity (Wildman–Crippen MR) is 72.6 cm³/mol. The average molecular weight is 257 g/mol. The van der Waals surface area contributed by atoms with Gasteiger partial charge < -0.3 is 20.2 Å². The van der Waals surface area contributed by atoms with Crippen molar-refractivity contribution in [2.24, 2.45) is 0 Å². The molecule has 5 heteroatoms. The summed E-state index contributed by atoms with van der Waals surface area (Å²) in [5.41, 5.74) is 0. The fourth-order valence-electron chi connectivity index (χ4n) is 2.41. The molecule has 0 saturated carbocycles. The van der Waals surface area contributed by atoms with Crippen LogP contribution in [0.2, 0.25) is 0 Å². The molecule has 1 rings (SSSR count). The van der Waals surface area contributed by atoms with Gasteiger partial charge >= 0.3 is 6.03 Å². The highest BCUT2D eigenvalue weighted by molar-refractivity contribution is 5.74. The molecule has 0 aliphatic carbocycles. The summed E-state index contributed by atoms with van der Waals surface area (Å²) in [4.78, 5) is 16.0. The zero-order valence-corrected chi connectivity index (χ0v) is 11.7. The first-order valence-corrected chi connectivity index (χ1v) is 7.09. The minimum absolute atomic E-state index is 0.0240. The Morgan fingerprint density at radius 1 is 1.39 bits per heavy atom. The second-order valence-corrected chi connectivity index (χ2v) is 4.87. The lowest BCUT2D eigenvalue weighted by molar-refractivity contribution is 0.162. The van der Waals surface area contributed by atoms with Crippen LogP contribution in [0.25, 0.3) is 0 Å². The maximum Gasteiger partial charge on any atom is 0.317 e. The molecule has 0 aromatic carbocycles. The minimum Gasteiger partial charge on any atom is -0.395 e. The van der Waals surface area contributed by atoms with E-state index in [1.54, 1.807) is 4.90 Å².